The molecule has 2 aromatic rings. The molecule has 0 aliphatic carbocycles. The number of carboxylic acid groups (broad SMARTS) is 1. The van der Waals surface area contributed by atoms with E-state index >= 15 is 0 Å². The summed E-state index contributed by atoms with van der Waals surface area (Å²) in [7, 11) is 0. The van der Waals surface area contributed by atoms with Crippen LogP contribution in [0.1, 0.15) is 13.8 Å². The Hall–Kier alpha value is -1.27. The van der Waals surface area contributed by atoms with E-state index in [0.717, 1.165) is 10.8 Å². The normalized spacial score (nSPS) is 26.5. The minimum atomic E-state index is -1.77. The van der Waals surface area contributed by atoms with Gasteiger partial charge < -0.3 is 40.0 Å². The first-order valence-corrected chi connectivity index (χ1v) is 10.2. The molecule has 171 valence electrons. The van der Waals surface area contributed by atoms with Gasteiger partial charge in [-0.1, -0.05) is 50.2 Å². The summed E-state index contributed by atoms with van der Waals surface area (Å²) in [5, 5.41) is 44.5. The van der Waals surface area contributed by atoms with Gasteiger partial charge in [0.25, 0.3) is 0 Å². The zero-order valence-electron chi connectivity index (χ0n) is 18.4. The van der Waals surface area contributed by atoms with E-state index in [0.29, 0.717) is 12.3 Å². The number of benzene rings is 2. The number of carbonyl (C=O) groups is 1. The minimum Gasteiger partial charge on any atom is -0.490 e. The second-order valence-electron chi connectivity index (χ2n) is 7.84. The Bertz CT molecular complexity index is 877. The van der Waals surface area contributed by atoms with Crippen molar-refractivity contribution in [2.24, 2.45) is 0 Å². The summed E-state index contributed by atoms with van der Waals surface area (Å²) in [6.45, 7) is 4.31. The molecule has 10 heteroatoms. The number of aliphatic carboxylic acids is 1. The van der Waals surface area contributed by atoms with Gasteiger partial charge in [-0.15, -0.1) is 0 Å². The van der Waals surface area contributed by atoms with Gasteiger partial charge in [0.2, 0.25) is 0 Å². The molecule has 0 spiro atoms. The van der Waals surface area contributed by atoms with Crippen LogP contribution in [0.5, 0.6) is 5.75 Å². The van der Waals surface area contributed by atoms with E-state index in [2.05, 4.69) is 5.32 Å². The molecule has 1 fully saturated rings. The van der Waals surface area contributed by atoms with Gasteiger partial charge in [0.15, 0.2) is 12.4 Å². The van der Waals surface area contributed by atoms with E-state index < -0.39 is 42.8 Å². The van der Waals surface area contributed by atoms with Crippen LogP contribution in [0.4, 0.5) is 0 Å². The Morgan fingerprint density at radius 1 is 1.06 bits per heavy atom. The molecular weight excluding hydrogens is 429 g/mol. The van der Waals surface area contributed by atoms with Crippen LogP contribution < -0.4 is 10.1 Å². The van der Waals surface area contributed by atoms with Crippen LogP contribution in [-0.4, -0.2) is 112 Å². The van der Waals surface area contributed by atoms with Gasteiger partial charge in [-0.25, -0.2) is 4.79 Å². The molecule has 9 nitrogen and oxygen atoms in total. The summed E-state index contributed by atoms with van der Waals surface area (Å²) in [5.74, 6) is -0.809. The van der Waals surface area contributed by atoms with Crippen LogP contribution in [0.3, 0.4) is 0 Å². The van der Waals surface area contributed by atoms with Crippen molar-refractivity contribution in [1.82, 2.24) is 5.32 Å². The van der Waals surface area contributed by atoms with E-state index in [1.54, 1.807) is 0 Å². The number of nitrogens with one attached hydrogen (secondary N) is 1. The predicted octanol–water partition coefficient (Wildman–Crippen LogP) is 0.113. The van der Waals surface area contributed by atoms with Crippen molar-refractivity contribution in [1.29, 1.82) is 0 Å². The van der Waals surface area contributed by atoms with Crippen molar-refractivity contribution in [2.45, 2.75) is 56.7 Å². The SMILES string of the molecule is CC(C)NC[C@@H](COc1cccc2ccccc12)O[C@@H]1O[C@H](C(=O)O)[C@@H](O)[C@H](O)[C@H]1O.[Na]. The maximum atomic E-state index is 11.3. The summed E-state index contributed by atoms with van der Waals surface area (Å²) < 4.78 is 17.0. The smallest absolute Gasteiger partial charge is 0.335 e. The van der Waals surface area contributed by atoms with E-state index in [-0.39, 0.29) is 42.2 Å². The van der Waals surface area contributed by atoms with Crippen LogP contribution in [-0.2, 0) is 14.3 Å². The molecule has 2 aromatic carbocycles. The number of aliphatic hydroxyl groups excluding tert-OH is 3. The topological polar surface area (TPSA) is 138 Å². The molecule has 6 atom stereocenters. The molecule has 1 radical (unpaired) electrons. The zero-order chi connectivity index (χ0) is 22.5. The molecule has 0 saturated carbocycles. The Morgan fingerprint density at radius 2 is 1.75 bits per heavy atom. The van der Waals surface area contributed by atoms with Gasteiger partial charge in [-0.2, -0.15) is 0 Å². The third-order valence-corrected chi connectivity index (χ3v) is 5.07. The molecule has 3 rings (SSSR count). The van der Waals surface area contributed by atoms with Gasteiger partial charge in [0.1, 0.15) is 36.8 Å². The molecule has 32 heavy (non-hydrogen) atoms. The number of rotatable bonds is 9. The van der Waals surface area contributed by atoms with Crippen molar-refractivity contribution in [3.63, 3.8) is 0 Å². The number of ether oxygens (including phenoxy) is 3. The Morgan fingerprint density at radius 3 is 2.44 bits per heavy atom. The number of carboxylic acids is 1. The van der Waals surface area contributed by atoms with Gasteiger partial charge in [0.05, 0.1) is 0 Å². The first-order valence-electron chi connectivity index (χ1n) is 10.2. The van der Waals surface area contributed by atoms with Gasteiger partial charge in [0, 0.05) is 47.5 Å². The van der Waals surface area contributed by atoms with Gasteiger partial charge >= 0.3 is 5.97 Å². The average Bonchev–Trinajstić information content (AvgIpc) is 2.75. The maximum Gasteiger partial charge on any atom is 0.335 e. The van der Waals surface area contributed by atoms with Crippen molar-refractivity contribution < 1.29 is 39.4 Å². The fourth-order valence-corrected chi connectivity index (χ4v) is 3.37. The molecule has 0 aromatic heterocycles. The van der Waals surface area contributed by atoms with E-state index in [4.69, 9.17) is 14.2 Å². The number of hydrogen-bond donors (Lipinski definition) is 5. The van der Waals surface area contributed by atoms with Crippen molar-refractivity contribution in [3.05, 3.63) is 42.5 Å². The van der Waals surface area contributed by atoms with Crippen molar-refractivity contribution >= 4 is 46.3 Å². The van der Waals surface area contributed by atoms with E-state index in [1.165, 1.54) is 0 Å². The summed E-state index contributed by atoms with van der Waals surface area (Å²) in [6.07, 6.45) is -8.93. The first-order chi connectivity index (χ1) is 14.8. The fourth-order valence-electron chi connectivity index (χ4n) is 3.37. The Labute approximate surface area is 208 Å². The Kier molecular flexibility index (Phi) is 10.3. The molecule has 5 N–H and O–H groups in total. The van der Waals surface area contributed by atoms with Gasteiger partial charge in [-0.05, 0) is 11.5 Å². The van der Waals surface area contributed by atoms with E-state index in [9.17, 15) is 25.2 Å². The summed E-state index contributed by atoms with van der Waals surface area (Å²) >= 11 is 0. The second kappa shape index (κ2) is 12.3. The third-order valence-electron chi connectivity index (χ3n) is 5.07. The number of aliphatic hydroxyl groups is 3. The van der Waals surface area contributed by atoms with Crippen LogP contribution in [0.2, 0.25) is 0 Å². The maximum absolute atomic E-state index is 11.3. The van der Waals surface area contributed by atoms with Crippen LogP contribution in [0.25, 0.3) is 10.8 Å². The zero-order valence-corrected chi connectivity index (χ0v) is 20.4. The summed E-state index contributed by atoms with van der Waals surface area (Å²) in [4.78, 5) is 11.3. The van der Waals surface area contributed by atoms with Crippen LogP contribution in [0, 0.1) is 0 Å². The molecule has 0 amide bonds. The fraction of sp³-hybridized carbons (Fsp3) is 0.500. The quantitative estimate of drug-likeness (QED) is 0.332. The van der Waals surface area contributed by atoms with Crippen molar-refractivity contribution in [2.75, 3.05) is 13.2 Å². The number of hydrogen-bond acceptors (Lipinski definition) is 8. The monoisotopic (exact) mass is 458 g/mol. The molecular formula is C22H29NNaO8. The Balaban J connectivity index is 0.00000363. The molecule has 1 saturated heterocycles. The summed E-state index contributed by atoms with van der Waals surface area (Å²) in [5.41, 5.74) is 0. The molecule has 0 unspecified atom stereocenters. The summed E-state index contributed by atoms with van der Waals surface area (Å²) in [6, 6.07) is 13.6. The van der Waals surface area contributed by atoms with Crippen LogP contribution in [0.15, 0.2) is 42.5 Å². The number of fused-ring (bicyclic) bond motifs is 1. The average molecular weight is 458 g/mol. The minimum absolute atomic E-state index is 0. The standard InChI is InChI=1S/C22H29NO8.Na/c1-12(2)23-10-14(11-29-16-9-5-7-13-6-3-4-8-15(13)16)30-22-19(26)17(24)18(25)20(31-22)21(27)28;/h3-9,12,14,17-20,22-26H,10-11H2,1-2H3,(H,27,28);/t14-,17-,18-,19+,20-,22+;/m0./s1. The molecule has 1 heterocycles. The molecule has 1 aliphatic rings. The molecule has 1 aliphatic heterocycles. The first kappa shape index (κ1) is 27.0. The largest absolute Gasteiger partial charge is 0.490 e. The van der Waals surface area contributed by atoms with Crippen molar-refractivity contribution in [3.8, 4) is 5.75 Å². The third kappa shape index (κ3) is 6.63. The predicted molar refractivity (Wildman–Crippen MR) is 118 cm³/mol. The van der Waals surface area contributed by atoms with E-state index in [1.807, 2.05) is 56.3 Å². The molecule has 0 bridgehead atoms. The van der Waals surface area contributed by atoms with Gasteiger partial charge in [-0.3, -0.25) is 0 Å². The van der Waals surface area contributed by atoms with Crippen LogP contribution >= 0.6 is 0 Å². The second-order valence-corrected chi connectivity index (χ2v) is 7.84.